The van der Waals surface area contributed by atoms with Gasteiger partial charge in [0.2, 0.25) is 0 Å². The molecule has 0 atom stereocenters. The summed E-state index contributed by atoms with van der Waals surface area (Å²) in [6, 6.07) is 0. The van der Waals surface area contributed by atoms with Crippen molar-refractivity contribution in [2.45, 2.75) is 40.0 Å². The van der Waals surface area contributed by atoms with E-state index in [0.717, 1.165) is 6.54 Å². The summed E-state index contributed by atoms with van der Waals surface area (Å²) in [5.74, 6) is 0. The van der Waals surface area contributed by atoms with Crippen LogP contribution < -0.4 is 5.73 Å². The fourth-order valence-electron chi connectivity index (χ4n) is 0.394. The Bertz CT molecular complexity index is 16.3. The van der Waals surface area contributed by atoms with E-state index in [1.807, 2.05) is 13.8 Å². The normalized spacial score (nSPS) is 7.50. The summed E-state index contributed by atoms with van der Waals surface area (Å²) < 4.78 is 0. The molecule has 0 aromatic heterocycles. The molecule has 0 spiro atoms. The SMILES string of the molecule is CC.CCCCCN. The van der Waals surface area contributed by atoms with Gasteiger partial charge in [0, 0.05) is 0 Å². The summed E-state index contributed by atoms with van der Waals surface area (Å²) in [5.41, 5.74) is 5.21. The molecule has 0 aromatic carbocycles. The van der Waals surface area contributed by atoms with Gasteiger partial charge in [-0.1, -0.05) is 33.6 Å². The molecule has 0 saturated carbocycles. The maximum atomic E-state index is 5.21. The van der Waals surface area contributed by atoms with Crippen LogP contribution in [0.25, 0.3) is 0 Å². The Morgan fingerprint density at radius 2 is 1.62 bits per heavy atom. The summed E-state index contributed by atoms with van der Waals surface area (Å²) in [4.78, 5) is 0. The molecule has 1 nitrogen and oxygen atoms in total. The Kier molecular flexibility index (Phi) is 21.4. The highest BCUT2D eigenvalue weighted by molar-refractivity contribution is 4.34. The van der Waals surface area contributed by atoms with Crippen LogP contribution in [0, 0.1) is 0 Å². The second kappa shape index (κ2) is 15.8. The number of hydrogen-bond donors (Lipinski definition) is 1. The minimum atomic E-state index is 0.855. The lowest BCUT2D eigenvalue weighted by molar-refractivity contribution is 0.727. The highest BCUT2D eigenvalue weighted by atomic mass is 14.5. The molecule has 0 rings (SSSR count). The van der Waals surface area contributed by atoms with Crippen LogP contribution in [-0.4, -0.2) is 6.54 Å². The van der Waals surface area contributed by atoms with Crippen LogP contribution in [-0.2, 0) is 0 Å². The lowest BCUT2D eigenvalue weighted by atomic mass is 10.3. The highest BCUT2D eigenvalue weighted by Crippen LogP contribution is 1.88. The molecular formula is C7H19N. The van der Waals surface area contributed by atoms with Gasteiger partial charge in [0.25, 0.3) is 0 Å². The van der Waals surface area contributed by atoms with E-state index >= 15 is 0 Å². The molecule has 8 heavy (non-hydrogen) atoms. The third kappa shape index (κ3) is 16.7. The molecule has 0 bridgehead atoms. The van der Waals surface area contributed by atoms with Crippen molar-refractivity contribution in [1.29, 1.82) is 0 Å². The van der Waals surface area contributed by atoms with Crippen molar-refractivity contribution in [2.24, 2.45) is 5.73 Å². The molecule has 52 valence electrons. The molecule has 0 fully saturated rings. The van der Waals surface area contributed by atoms with Gasteiger partial charge in [-0.25, -0.2) is 0 Å². The van der Waals surface area contributed by atoms with E-state index in [0.29, 0.717) is 0 Å². The lowest BCUT2D eigenvalue weighted by Gasteiger charge is -1.86. The number of nitrogens with two attached hydrogens (primary N) is 1. The maximum Gasteiger partial charge on any atom is -0.00773 e. The first-order valence-corrected chi connectivity index (χ1v) is 3.62. The molecule has 0 amide bonds. The van der Waals surface area contributed by atoms with Crippen molar-refractivity contribution < 1.29 is 0 Å². The third-order valence-electron chi connectivity index (χ3n) is 0.808. The zero-order valence-electron chi connectivity index (χ0n) is 6.41. The molecule has 0 aliphatic carbocycles. The Hall–Kier alpha value is -0.0400. The summed E-state index contributed by atoms with van der Waals surface area (Å²) in [6.07, 6.45) is 3.75. The molecule has 1 heteroatoms. The summed E-state index contributed by atoms with van der Waals surface area (Å²) in [5, 5.41) is 0. The van der Waals surface area contributed by atoms with Gasteiger partial charge in [0.1, 0.15) is 0 Å². The van der Waals surface area contributed by atoms with Crippen LogP contribution in [0.1, 0.15) is 40.0 Å². The average Bonchev–Trinajstić information content (AvgIpc) is 1.88. The zero-order valence-corrected chi connectivity index (χ0v) is 6.41. The summed E-state index contributed by atoms with van der Waals surface area (Å²) >= 11 is 0. The van der Waals surface area contributed by atoms with Crippen molar-refractivity contribution in [3.8, 4) is 0 Å². The van der Waals surface area contributed by atoms with E-state index in [4.69, 9.17) is 5.73 Å². The van der Waals surface area contributed by atoms with E-state index in [1.165, 1.54) is 19.3 Å². The van der Waals surface area contributed by atoms with Crippen LogP contribution in [0.3, 0.4) is 0 Å². The smallest absolute Gasteiger partial charge is 0.00773 e. The van der Waals surface area contributed by atoms with E-state index in [-0.39, 0.29) is 0 Å². The Balaban J connectivity index is 0. The Morgan fingerprint density at radius 1 is 1.12 bits per heavy atom. The van der Waals surface area contributed by atoms with E-state index in [1.54, 1.807) is 0 Å². The van der Waals surface area contributed by atoms with Gasteiger partial charge >= 0.3 is 0 Å². The lowest BCUT2D eigenvalue weighted by Crippen LogP contribution is -1.96. The van der Waals surface area contributed by atoms with Gasteiger partial charge in [-0.05, 0) is 13.0 Å². The van der Waals surface area contributed by atoms with Crippen molar-refractivity contribution >= 4 is 0 Å². The first-order chi connectivity index (χ1) is 3.91. The highest BCUT2D eigenvalue weighted by Gasteiger charge is 1.75. The second-order valence-corrected chi connectivity index (χ2v) is 1.50. The largest absolute Gasteiger partial charge is 0.330 e. The molecule has 0 saturated heterocycles. The van der Waals surface area contributed by atoms with Gasteiger partial charge in [-0.2, -0.15) is 0 Å². The van der Waals surface area contributed by atoms with Crippen LogP contribution >= 0.6 is 0 Å². The molecule has 0 unspecified atom stereocenters. The fraction of sp³-hybridized carbons (Fsp3) is 1.00. The molecule has 0 aliphatic rings. The second-order valence-electron chi connectivity index (χ2n) is 1.50. The summed E-state index contributed by atoms with van der Waals surface area (Å²) in [7, 11) is 0. The van der Waals surface area contributed by atoms with Crippen molar-refractivity contribution in [3.63, 3.8) is 0 Å². The molecular weight excluding hydrogens is 98.1 g/mol. The van der Waals surface area contributed by atoms with E-state index in [2.05, 4.69) is 6.92 Å². The topological polar surface area (TPSA) is 26.0 Å². The molecule has 0 radical (unpaired) electrons. The number of rotatable bonds is 3. The quantitative estimate of drug-likeness (QED) is 0.563. The standard InChI is InChI=1S/C5H13N.C2H6/c1-2-3-4-5-6;1-2/h2-6H2,1H3;1-2H3. The van der Waals surface area contributed by atoms with E-state index in [9.17, 15) is 0 Å². The predicted molar refractivity (Wildman–Crippen MR) is 39.9 cm³/mol. The van der Waals surface area contributed by atoms with E-state index < -0.39 is 0 Å². The van der Waals surface area contributed by atoms with Crippen LogP contribution in [0.5, 0.6) is 0 Å². The molecule has 0 heterocycles. The monoisotopic (exact) mass is 117 g/mol. The van der Waals surface area contributed by atoms with Crippen LogP contribution in [0.4, 0.5) is 0 Å². The first kappa shape index (κ1) is 10.9. The van der Waals surface area contributed by atoms with Crippen LogP contribution in [0.2, 0.25) is 0 Å². The number of hydrogen-bond acceptors (Lipinski definition) is 1. The zero-order chi connectivity index (χ0) is 6.83. The summed E-state index contributed by atoms with van der Waals surface area (Å²) in [6.45, 7) is 7.03. The van der Waals surface area contributed by atoms with Gasteiger partial charge < -0.3 is 5.73 Å². The average molecular weight is 117 g/mol. The van der Waals surface area contributed by atoms with Gasteiger partial charge in [-0.15, -0.1) is 0 Å². The van der Waals surface area contributed by atoms with Gasteiger partial charge in [0.15, 0.2) is 0 Å². The molecule has 2 N–H and O–H groups in total. The maximum absolute atomic E-state index is 5.21. The Morgan fingerprint density at radius 3 is 1.75 bits per heavy atom. The molecule has 0 aliphatic heterocycles. The van der Waals surface area contributed by atoms with Gasteiger partial charge in [-0.3, -0.25) is 0 Å². The van der Waals surface area contributed by atoms with Crippen molar-refractivity contribution in [2.75, 3.05) is 6.54 Å². The number of unbranched alkanes of at least 4 members (excludes halogenated alkanes) is 2. The van der Waals surface area contributed by atoms with Crippen molar-refractivity contribution in [1.82, 2.24) is 0 Å². The Labute approximate surface area is 53.3 Å². The van der Waals surface area contributed by atoms with Crippen molar-refractivity contribution in [3.05, 3.63) is 0 Å². The van der Waals surface area contributed by atoms with Gasteiger partial charge in [0.05, 0.1) is 0 Å². The minimum Gasteiger partial charge on any atom is -0.330 e. The predicted octanol–water partition coefficient (Wildman–Crippen LogP) is 2.16. The van der Waals surface area contributed by atoms with Crippen LogP contribution in [0.15, 0.2) is 0 Å². The fourth-order valence-corrected chi connectivity index (χ4v) is 0.394. The molecule has 0 aromatic rings. The minimum absolute atomic E-state index is 0.855. The third-order valence-corrected chi connectivity index (χ3v) is 0.808. The first-order valence-electron chi connectivity index (χ1n) is 3.62.